The van der Waals surface area contributed by atoms with E-state index < -0.39 is 0 Å². The predicted molar refractivity (Wildman–Crippen MR) is 90.5 cm³/mol. The molecule has 5 nitrogen and oxygen atoms in total. The smallest absolute Gasteiger partial charge is 0.243 e. The number of hydrogen-bond donors (Lipinski definition) is 2. The number of nitrogens with one attached hydrogen (secondary N) is 2. The van der Waals surface area contributed by atoms with E-state index in [0.29, 0.717) is 24.0 Å². The minimum absolute atomic E-state index is 0.0166. The van der Waals surface area contributed by atoms with Gasteiger partial charge in [0.05, 0.1) is 0 Å². The standard InChI is InChI=1S/C16H32N4O/c1-8-11-17-15(18-12-14(21)20(6)7)19-13(2)9-10-16(3,4)5/h8,13H,1,9-12H2,2-7H3,(H2,17,18,19). The van der Waals surface area contributed by atoms with Crippen molar-refractivity contribution in [2.24, 2.45) is 10.4 Å². The van der Waals surface area contributed by atoms with Crippen LogP contribution in [0.2, 0.25) is 0 Å². The molecule has 0 aliphatic rings. The van der Waals surface area contributed by atoms with Gasteiger partial charge in [-0.15, -0.1) is 6.58 Å². The molecule has 0 aromatic heterocycles. The summed E-state index contributed by atoms with van der Waals surface area (Å²) in [6.45, 7) is 13.3. The van der Waals surface area contributed by atoms with E-state index in [1.54, 1.807) is 20.2 Å². The Labute approximate surface area is 129 Å². The Bertz CT molecular complexity index is 356. The molecule has 0 bridgehead atoms. The molecule has 0 saturated heterocycles. The van der Waals surface area contributed by atoms with Crippen LogP contribution in [0, 0.1) is 5.41 Å². The molecular weight excluding hydrogens is 264 g/mol. The molecular formula is C16H32N4O. The van der Waals surface area contributed by atoms with Crippen molar-refractivity contribution < 1.29 is 4.79 Å². The van der Waals surface area contributed by atoms with Crippen LogP contribution < -0.4 is 10.6 Å². The van der Waals surface area contributed by atoms with Crippen LogP contribution in [0.4, 0.5) is 0 Å². The van der Waals surface area contributed by atoms with Gasteiger partial charge in [-0.3, -0.25) is 4.79 Å². The van der Waals surface area contributed by atoms with E-state index in [-0.39, 0.29) is 12.5 Å². The lowest BCUT2D eigenvalue weighted by Gasteiger charge is -2.23. The summed E-state index contributed by atoms with van der Waals surface area (Å²) in [7, 11) is 3.46. The number of likely N-dealkylation sites (N-methyl/N-ethyl adjacent to an activating group) is 1. The highest BCUT2D eigenvalue weighted by atomic mass is 16.2. The average Bonchev–Trinajstić information content (AvgIpc) is 2.38. The summed E-state index contributed by atoms with van der Waals surface area (Å²) < 4.78 is 0. The van der Waals surface area contributed by atoms with E-state index in [9.17, 15) is 4.79 Å². The SMILES string of the molecule is C=CCNC(=NCC(=O)N(C)C)NC(C)CCC(C)(C)C. The zero-order valence-corrected chi connectivity index (χ0v) is 14.5. The molecule has 21 heavy (non-hydrogen) atoms. The Balaban J connectivity index is 4.50. The third kappa shape index (κ3) is 10.9. The van der Waals surface area contributed by atoms with Gasteiger partial charge >= 0.3 is 0 Å². The van der Waals surface area contributed by atoms with E-state index in [1.807, 2.05) is 0 Å². The van der Waals surface area contributed by atoms with Crippen molar-refractivity contribution in [2.45, 2.75) is 46.6 Å². The molecule has 1 amide bonds. The Morgan fingerprint density at radius 2 is 2.00 bits per heavy atom. The van der Waals surface area contributed by atoms with E-state index in [1.165, 1.54) is 4.90 Å². The number of guanidine groups is 1. The number of rotatable bonds is 7. The number of carbonyl (C=O) groups is 1. The first-order chi connectivity index (χ1) is 9.65. The molecule has 0 rings (SSSR count). The molecule has 0 aromatic rings. The fourth-order valence-corrected chi connectivity index (χ4v) is 1.56. The van der Waals surface area contributed by atoms with E-state index in [4.69, 9.17) is 0 Å². The maximum atomic E-state index is 11.6. The highest BCUT2D eigenvalue weighted by Gasteiger charge is 2.13. The van der Waals surface area contributed by atoms with Gasteiger partial charge in [-0.25, -0.2) is 4.99 Å². The Hall–Kier alpha value is -1.52. The highest BCUT2D eigenvalue weighted by molar-refractivity contribution is 5.84. The van der Waals surface area contributed by atoms with Gasteiger partial charge in [0.2, 0.25) is 5.91 Å². The van der Waals surface area contributed by atoms with Crippen molar-refractivity contribution in [3.63, 3.8) is 0 Å². The average molecular weight is 296 g/mol. The van der Waals surface area contributed by atoms with Gasteiger partial charge in [-0.05, 0) is 25.2 Å². The maximum Gasteiger partial charge on any atom is 0.243 e. The number of hydrogen-bond acceptors (Lipinski definition) is 2. The lowest BCUT2D eigenvalue weighted by atomic mass is 9.89. The van der Waals surface area contributed by atoms with Gasteiger partial charge in [0.25, 0.3) is 0 Å². The van der Waals surface area contributed by atoms with Crippen LogP contribution in [-0.4, -0.2) is 50.0 Å². The lowest BCUT2D eigenvalue weighted by Crippen LogP contribution is -2.43. The van der Waals surface area contributed by atoms with Crippen molar-refractivity contribution >= 4 is 11.9 Å². The molecule has 0 aliphatic heterocycles. The molecule has 0 saturated carbocycles. The van der Waals surface area contributed by atoms with E-state index in [2.05, 4.69) is 49.9 Å². The van der Waals surface area contributed by atoms with Crippen molar-refractivity contribution in [3.8, 4) is 0 Å². The van der Waals surface area contributed by atoms with E-state index >= 15 is 0 Å². The Morgan fingerprint density at radius 1 is 1.38 bits per heavy atom. The van der Waals surface area contributed by atoms with Crippen LogP contribution >= 0.6 is 0 Å². The zero-order valence-electron chi connectivity index (χ0n) is 14.5. The molecule has 0 heterocycles. The monoisotopic (exact) mass is 296 g/mol. The first-order valence-electron chi connectivity index (χ1n) is 7.51. The third-order valence-corrected chi connectivity index (χ3v) is 3.00. The van der Waals surface area contributed by atoms with Gasteiger partial charge in [0, 0.05) is 26.7 Å². The minimum Gasteiger partial charge on any atom is -0.354 e. The number of amides is 1. The molecule has 0 spiro atoms. The van der Waals surface area contributed by atoms with Crippen molar-refractivity contribution in [1.29, 1.82) is 0 Å². The molecule has 1 atom stereocenters. The topological polar surface area (TPSA) is 56.7 Å². The summed E-state index contributed by atoms with van der Waals surface area (Å²) in [5.41, 5.74) is 0.322. The number of nitrogens with zero attached hydrogens (tertiary/aromatic N) is 2. The summed E-state index contributed by atoms with van der Waals surface area (Å²) in [5, 5.41) is 6.48. The molecule has 0 aliphatic carbocycles. The highest BCUT2D eigenvalue weighted by Crippen LogP contribution is 2.21. The van der Waals surface area contributed by atoms with Crippen LogP contribution in [0.15, 0.2) is 17.6 Å². The minimum atomic E-state index is -0.0166. The Morgan fingerprint density at radius 3 is 2.48 bits per heavy atom. The summed E-state index contributed by atoms with van der Waals surface area (Å²) in [5.74, 6) is 0.642. The second-order valence-electron chi connectivity index (χ2n) is 6.77. The molecule has 0 fully saturated rings. The normalized spacial score (nSPS) is 13.5. The van der Waals surface area contributed by atoms with Crippen LogP contribution in [-0.2, 0) is 4.79 Å². The van der Waals surface area contributed by atoms with Crippen molar-refractivity contribution in [1.82, 2.24) is 15.5 Å². The molecule has 5 heteroatoms. The van der Waals surface area contributed by atoms with Crippen LogP contribution in [0.3, 0.4) is 0 Å². The second kappa shape index (κ2) is 9.42. The van der Waals surface area contributed by atoms with Crippen molar-refractivity contribution in [2.75, 3.05) is 27.2 Å². The quantitative estimate of drug-likeness (QED) is 0.429. The summed E-state index contributed by atoms with van der Waals surface area (Å²) in [6.07, 6.45) is 3.96. The maximum absolute atomic E-state index is 11.6. The molecule has 0 radical (unpaired) electrons. The van der Waals surface area contributed by atoms with Crippen LogP contribution in [0.5, 0.6) is 0 Å². The molecule has 122 valence electrons. The largest absolute Gasteiger partial charge is 0.354 e. The van der Waals surface area contributed by atoms with Crippen molar-refractivity contribution in [3.05, 3.63) is 12.7 Å². The number of aliphatic imine (C=N–C) groups is 1. The molecule has 2 N–H and O–H groups in total. The van der Waals surface area contributed by atoms with Gasteiger partial charge < -0.3 is 15.5 Å². The lowest BCUT2D eigenvalue weighted by molar-refractivity contribution is -0.127. The first-order valence-corrected chi connectivity index (χ1v) is 7.51. The first kappa shape index (κ1) is 19.5. The molecule has 1 unspecified atom stereocenters. The van der Waals surface area contributed by atoms with Gasteiger partial charge in [0.15, 0.2) is 5.96 Å². The summed E-state index contributed by atoms with van der Waals surface area (Å²) in [4.78, 5) is 17.5. The molecule has 0 aromatic carbocycles. The summed E-state index contributed by atoms with van der Waals surface area (Å²) >= 11 is 0. The van der Waals surface area contributed by atoms with E-state index in [0.717, 1.165) is 12.8 Å². The number of carbonyl (C=O) groups excluding carboxylic acids is 1. The fourth-order valence-electron chi connectivity index (χ4n) is 1.56. The second-order valence-corrected chi connectivity index (χ2v) is 6.77. The fraction of sp³-hybridized carbons (Fsp3) is 0.750. The third-order valence-electron chi connectivity index (χ3n) is 3.00. The zero-order chi connectivity index (χ0) is 16.5. The summed E-state index contributed by atoms with van der Waals surface area (Å²) in [6, 6.07) is 0.301. The van der Waals surface area contributed by atoms with Gasteiger partial charge in [0.1, 0.15) is 6.54 Å². The predicted octanol–water partition coefficient (Wildman–Crippen LogP) is 2.01. The Kier molecular flexibility index (Phi) is 8.74. The van der Waals surface area contributed by atoms with Gasteiger partial charge in [-0.2, -0.15) is 0 Å². The van der Waals surface area contributed by atoms with Crippen LogP contribution in [0.25, 0.3) is 0 Å². The van der Waals surface area contributed by atoms with Crippen LogP contribution in [0.1, 0.15) is 40.5 Å². The van der Waals surface area contributed by atoms with Gasteiger partial charge in [-0.1, -0.05) is 26.8 Å².